The number of thiophene rings is 1. The van der Waals surface area contributed by atoms with Gasteiger partial charge >= 0.3 is 0 Å². The Morgan fingerprint density at radius 2 is 1.52 bits per heavy atom. The van der Waals surface area contributed by atoms with Crippen molar-refractivity contribution in [3.8, 4) is 32.8 Å². The monoisotopic (exact) mass is 745 g/mol. The fourth-order valence-corrected chi connectivity index (χ4v) is 6.18. The SMILES string of the molecule is CC(=O)/C=C(/C)O.[Ir].[c-]1ccc2c(oc3ccccc32)c1-c1cc2c(-c3ccccc3)c(-c3ccccc3)sc2cn1. The van der Waals surface area contributed by atoms with Gasteiger partial charge in [-0.2, -0.15) is 0 Å². The first-order chi connectivity index (χ1) is 20.0. The Morgan fingerprint density at radius 3 is 2.19 bits per heavy atom. The second-order valence-electron chi connectivity index (χ2n) is 9.69. The van der Waals surface area contributed by atoms with E-state index in [0.717, 1.165) is 33.2 Å². The van der Waals surface area contributed by atoms with Gasteiger partial charge in [-0.15, -0.1) is 29.5 Å². The predicted octanol–water partition coefficient (Wildman–Crippen LogP) is 10.0. The van der Waals surface area contributed by atoms with E-state index in [1.54, 1.807) is 11.3 Å². The third-order valence-corrected chi connectivity index (χ3v) is 7.87. The summed E-state index contributed by atoms with van der Waals surface area (Å²) in [6, 6.07) is 39.0. The van der Waals surface area contributed by atoms with Gasteiger partial charge in [0.05, 0.1) is 16.0 Å². The number of para-hydroxylation sites is 1. The molecule has 0 fully saturated rings. The van der Waals surface area contributed by atoms with E-state index in [0.29, 0.717) is 0 Å². The van der Waals surface area contributed by atoms with Crippen LogP contribution < -0.4 is 0 Å². The molecule has 0 aliphatic heterocycles. The predicted molar refractivity (Wildman–Crippen MR) is 169 cm³/mol. The molecular weight excluding hydrogens is 719 g/mol. The van der Waals surface area contributed by atoms with Crippen molar-refractivity contribution in [2.24, 2.45) is 0 Å². The number of rotatable bonds is 4. The van der Waals surface area contributed by atoms with Crippen LogP contribution in [0.5, 0.6) is 0 Å². The van der Waals surface area contributed by atoms with Crippen molar-refractivity contribution in [1.82, 2.24) is 4.98 Å². The van der Waals surface area contributed by atoms with Gasteiger partial charge in [0.25, 0.3) is 0 Å². The van der Waals surface area contributed by atoms with Crippen LogP contribution in [0.2, 0.25) is 0 Å². The maximum Gasteiger partial charge on any atom is 0.155 e. The van der Waals surface area contributed by atoms with Crippen LogP contribution in [-0.4, -0.2) is 15.9 Å². The third-order valence-electron chi connectivity index (χ3n) is 6.68. The number of ketones is 1. The first-order valence-corrected chi connectivity index (χ1v) is 14.0. The van der Waals surface area contributed by atoms with Gasteiger partial charge in [-0.25, -0.2) is 0 Å². The van der Waals surface area contributed by atoms with Crippen molar-refractivity contribution in [3.63, 3.8) is 0 Å². The fraction of sp³-hybridized carbons (Fsp3) is 0.0556. The first-order valence-electron chi connectivity index (χ1n) is 13.2. The zero-order valence-electron chi connectivity index (χ0n) is 22.9. The van der Waals surface area contributed by atoms with E-state index < -0.39 is 0 Å². The van der Waals surface area contributed by atoms with E-state index in [-0.39, 0.29) is 31.6 Å². The van der Waals surface area contributed by atoms with Crippen LogP contribution in [0, 0.1) is 6.07 Å². The van der Waals surface area contributed by atoms with Crippen molar-refractivity contribution in [2.45, 2.75) is 13.8 Å². The number of pyridine rings is 1. The summed E-state index contributed by atoms with van der Waals surface area (Å²) in [5.41, 5.74) is 7.13. The fourth-order valence-electron chi connectivity index (χ4n) is 5.00. The van der Waals surface area contributed by atoms with Gasteiger partial charge in [0, 0.05) is 48.2 Å². The Labute approximate surface area is 261 Å². The molecule has 4 nitrogen and oxygen atoms in total. The number of hydrogen-bond acceptors (Lipinski definition) is 5. The molecule has 0 atom stereocenters. The van der Waals surface area contributed by atoms with Crippen LogP contribution in [-0.2, 0) is 24.9 Å². The van der Waals surface area contributed by atoms with E-state index in [2.05, 4.69) is 84.9 Å². The van der Waals surface area contributed by atoms with Gasteiger partial charge < -0.3 is 14.5 Å². The van der Waals surface area contributed by atoms with Crippen molar-refractivity contribution in [1.29, 1.82) is 0 Å². The minimum atomic E-state index is -0.125. The molecule has 0 aliphatic carbocycles. The van der Waals surface area contributed by atoms with E-state index in [9.17, 15) is 4.79 Å². The largest absolute Gasteiger partial charge is 0.512 e. The number of carbonyl (C=O) groups excluding carboxylic acids is 1. The molecule has 0 aliphatic rings. The summed E-state index contributed by atoms with van der Waals surface area (Å²) in [7, 11) is 0. The van der Waals surface area contributed by atoms with Gasteiger partial charge in [0.2, 0.25) is 0 Å². The maximum absolute atomic E-state index is 10.0. The summed E-state index contributed by atoms with van der Waals surface area (Å²) in [6.07, 6.45) is 3.16. The standard InChI is InChI=1S/C31H18NOS.C5H8O2.Ir/c1-3-10-20(11-4-1)29-25-18-26(32-19-28(25)34-31(29)21-12-5-2-6-13-21)24-16-9-15-23-22-14-7-8-17-27(22)33-30(23)24;1-4(6)3-5(2)7;/h1-15,17-19H;3,6H,1-2H3;/q-1;;/b;4-3-;. The molecule has 3 aromatic heterocycles. The second-order valence-corrected chi connectivity index (χ2v) is 10.7. The molecule has 1 radical (unpaired) electrons. The Hall–Kier alpha value is -4.35. The Morgan fingerprint density at radius 1 is 0.857 bits per heavy atom. The van der Waals surface area contributed by atoms with Crippen LogP contribution in [0.15, 0.2) is 126 Å². The van der Waals surface area contributed by atoms with E-state index in [4.69, 9.17) is 14.5 Å². The Kier molecular flexibility index (Phi) is 8.79. The van der Waals surface area contributed by atoms with Crippen molar-refractivity contribution < 1.29 is 34.4 Å². The molecule has 0 bridgehead atoms. The molecule has 1 N–H and O–H groups in total. The first kappa shape index (κ1) is 29.2. The van der Waals surface area contributed by atoms with E-state index >= 15 is 0 Å². The number of aromatic nitrogens is 1. The molecule has 0 saturated carbocycles. The zero-order chi connectivity index (χ0) is 28.3. The number of benzene rings is 4. The van der Waals surface area contributed by atoms with Crippen LogP contribution in [0.1, 0.15) is 13.8 Å². The number of carbonyl (C=O) groups is 1. The molecular formula is C36H26IrNO3S-. The molecule has 42 heavy (non-hydrogen) atoms. The number of hydrogen-bond donors (Lipinski definition) is 1. The molecule has 7 rings (SSSR count). The molecule has 4 aromatic carbocycles. The quantitative estimate of drug-likeness (QED) is 0.111. The van der Waals surface area contributed by atoms with Gasteiger partial charge in [-0.3, -0.25) is 4.79 Å². The molecule has 3 heterocycles. The van der Waals surface area contributed by atoms with Crippen molar-refractivity contribution in [3.05, 3.63) is 127 Å². The molecule has 0 saturated heterocycles. The minimum absolute atomic E-state index is 0. The molecule has 209 valence electrons. The van der Waals surface area contributed by atoms with Gasteiger partial charge in [-0.1, -0.05) is 95.9 Å². The smallest absolute Gasteiger partial charge is 0.155 e. The summed E-state index contributed by atoms with van der Waals surface area (Å²) in [6.45, 7) is 2.85. The number of aliphatic hydroxyl groups is 1. The molecule has 6 heteroatoms. The number of aliphatic hydroxyl groups excluding tert-OH is 1. The summed E-state index contributed by atoms with van der Waals surface area (Å²) in [4.78, 5) is 16.1. The number of furan rings is 1. The van der Waals surface area contributed by atoms with Gasteiger partial charge in [0.15, 0.2) is 5.78 Å². The van der Waals surface area contributed by atoms with Gasteiger partial charge in [0.1, 0.15) is 5.58 Å². The maximum atomic E-state index is 10.0. The molecule has 0 unspecified atom stereocenters. The molecule has 7 aromatic rings. The summed E-state index contributed by atoms with van der Waals surface area (Å²) < 4.78 is 7.44. The van der Waals surface area contributed by atoms with Gasteiger partial charge in [-0.05, 0) is 42.1 Å². The topological polar surface area (TPSA) is 63.3 Å². The number of allylic oxidation sites excluding steroid dienone is 2. The van der Waals surface area contributed by atoms with Crippen LogP contribution in [0.25, 0.3) is 64.8 Å². The average Bonchev–Trinajstić information content (AvgIpc) is 3.56. The summed E-state index contributed by atoms with van der Waals surface area (Å²) in [5, 5.41) is 11.8. The zero-order valence-corrected chi connectivity index (χ0v) is 26.1. The normalized spacial score (nSPS) is 11.2. The summed E-state index contributed by atoms with van der Waals surface area (Å²) in [5.74, 6) is -0.0625. The average molecular weight is 745 g/mol. The molecule has 0 spiro atoms. The second kappa shape index (κ2) is 12.7. The van der Waals surface area contributed by atoms with Crippen molar-refractivity contribution in [2.75, 3.05) is 0 Å². The Bertz CT molecular complexity index is 2040. The minimum Gasteiger partial charge on any atom is -0.512 e. The van der Waals surface area contributed by atoms with Crippen LogP contribution in [0.3, 0.4) is 0 Å². The summed E-state index contributed by atoms with van der Waals surface area (Å²) >= 11 is 1.79. The Balaban J connectivity index is 0.000000396. The van der Waals surface area contributed by atoms with E-state index in [1.165, 1.54) is 51.6 Å². The molecule has 0 amide bonds. The van der Waals surface area contributed by atoms with Crippen LogP contribution in [0.4, 0.5) is 0 Å². The van der Waals surface area contributed by atoms with Crippen molar-refractivity contribution >= 4 is 49.1 Å². The number of nitrogens with zero attached hydrogens (tertiary/aromatic N) is 1. The van der Waals surface area contributed by atoms with E-state index in [1.807, 2.05) is 30.5 Å². The number of fused-ring (bicyclic) bond motifs is 4. The third kappa shape index (κ3) is 5.83. The van der Waals surface area contributed by atoms with Crippen LogP contribution >= 0.6 is 11.3 Å².